The zero-order valence-corrected chi connectivity index (χ0v) is 14.9. The van der Waals surface area contributed by atoms with Crippen LogP contribution in [-0.4, -0.2) is 22.5 Å². The van der Waals surface area contributed by atoms with Gasteiger partial charge in [-0.25, -0.2) is 0 Å². The van der Waals surface area contributed by atoms with Gasteiger partial charge in [-0.15, -0.1) is 0 Å². The third-order valence-electron chi connectivity index (χ3n) is 4.56. The fourth-order valence-electron chi connectivity index (χ4n) is 3.12. The average molecular weight is 355 g/mol. The predicted octanol–water partition coefficient (Wildman–Crippen LogP) is 4.42. The van der Waals surface area contributed by atoms with E-state index in [9.17, 15) is 9.59 Å². The molecule has 0 bridgehead atoms. The van der Waals surface area contributed by atoms with E-state index in [1.54, 1.807) is 24.3 Å². The van der Waals surface area contributed by atoms with Gasteiger partial charge in [0.25, 0.3) is 0 Å². The van der Waals surface area contributed by atoms with Crippen molar-refractivity contribution in [3.8, 4) is 11.5 Å². The van der Waals surface area contributed by atoms with Gasteiger partial charge in [0.1, 0.15) is 0 Å². The zero-order chi connectivity index (χ0) is 15.7. The molecule has 1 aliphatic heterocycles. The van der Waals surface area contributed by atoms with Crippen molar-refractivity contribution in [2.24, 2.45) is 0 Å². The van der Waals surface area contributed by atoms with Crippen molar-refractivity contribution >= 4 is 22.5 Å². The van der Waals surface area contributed by atoms with Gasteiger partial charge < -0.3 is 0 Å². The molecule has 0 spiro atoms. The SMILES string of the molecule is C[CH2][Ge]1([CH2]C)[C](=O)c2ccccc2Oc2ccccc2[C]1=O. The van der Waals surface area contributed by atoms with Crippen LogP contribution in [0.2, 0.25) is 10.5 Å². The molecular weight excluding hydrogens is 337 g/mol. The Balaban J connectivity index is 2.32. The van der Waals surface area contributed by atoms with E-state index >= 15 is 0 Å². The van der Waals surface area contributed by atoms with Crippen LogP contribution >= 0.6 is 0 Å². The molecule has 0 aromatic heterocycles. The maximum absolute atomic E-state index is 13.2. The normalized spacial score (nSPS) is 16.1. The van der Waals surface area contributed by atoms with Gasteiger partial charge in [-0.1, -0.05) is 0 Å². The number of fused-ring (bicyclic) bond motifs is 2. The van der Waals surface area contributed by atoms with Gasteiger partial charge in [0.2, 0.25) is 0 Å². The van der Waals surface area contributed by atoms with E-state index in [0.717, 1.165) is 0 Å². The van der Waals surface area contributed by atoms with Crippen molar-refractivity contribution in [1.82, 2.24) is 0 Å². The first-order valence-corrected chi connectivity index (χ1v) is 12.7. The second-order valence-electron chi connectivity index (χ2n) is 5.54. The van der Waals surface area contributed by atoms with Gasteiger partial charge in [-0.3, -0.25) is 0 Å². The summed E-state index contributed by atoms with van der Waals surface area (Å²) in [6, 6.07) is 14.5. The zero-order valence-electron chi connectivity index (χ0n) is 12.8. The van der Waals surface area contributed by atoms with Crippen LogP contribution in [0.5, 0.6) is 11.5 Å². The van der Waals surface area contributed by atoms with E-state index in [2.05, 4.69) is 0 Å². The predicted molar refractivity (Wildman–Crippen MR) is 88.3 cm³/mol. The Morgan fingerprint density at radius 3 is 1.59 bits per heavy atom. The van der Waals surface area contributed by atoms with E-state index in [-0.39, 0.29) is 9.23 Å². The Kier molecular flexibility index (Phi) is 3.91. The number of rotatable bonds is 2. The van der Waals surface area contributed by atoms with Gasteiger partial charge in [0.15, 0.2) is 0 Å². The monoisotopic (exact) mass is 356 g/mol. The quantitative estimate of drug-likeness (QED) is 0.749. The molecule has 0 fully saturated rings. The van der Waals surface area contributed by atoms with E-state index in [1.165, 1.54) is 0 Å². The summed E-state index contributed by atoms with van der Waals surface area (Å²) in [5.74, 6) is 1.12. The molecule has 0 atom stereocenters. The van der Waals surface area contributed by atoms with Crippen LogP contribution in [-0.2, 0) is 0 Å². The standard InChI is InChI=1S/C18H18GeO3/c1-3-19(4-2)17(20)13-9-5-7-11-15(13)22-16-12-8-6-10-14(16)18(19)21/h5-12H,3-4H2,1-2H3. The number of carbonyl (C=O) groups is 2. The van der Waals surface area contributed by atoms with Crippen molar-refractivity contribution in [1.29, 1.82) is 0 Å². The summed E-state index contributed by atoms with van der Waals surface area (Å²) < 4.78 is 5.98. The fourth-order valence-corrected chi connectivity index (χ4v) is 10.3. The number of benzene rings is 2. The van der Waals surface area contributed by atoms with Crippen molar-refractivity contribution in [3.63, 3.8) is 0 Å². The summed E-state index contributed by atoms with van der Waals surface area (Å²) in [6.07, 6.45) is 0. The average Bonchev–Trinajstić information content (AvgIpc) is 2.56. The Morgan fingerprint density at radius 2 is 1.18 bits per heavy atom. The molecule has 4 heteroatoms. The first-order chi connectivity index (χ1) is 10.6. The van der Waals surface area contributed by atoms with Gasteiger partial charge >= 0.3 is 132 Å². The van der Waals surface area contributed by atoms with Crippen LogP contribution in [0.3, 0.4) is 0 Å². The molecule has 3 rings (SSSR count). The molecule has 2 aromatic carbocycles. The fraction of sp³-hybridized carbons (Fsp3) is 0.222. The van der Waals surface area contributed by atoms with Gasteiger partial charge in [0, 0.05) is 0 Å². The first kappa shape index (κ1) is 15.0. The molecule has 3 nitrogen and oxygen atoms in total. The van der Waals surface area contributed by atoms with Crippen LogP contribution in [0.25, 0.3) is 0 Å². The first-order valence-electron chi connectivity index (χ1n) is 7.59. The number of para-hydroxylation sites is 2. The Bertz CT molecular complexity index is 688. The summed E-state index contributed by atoms with van der Waals surface area (Å²) >= 11 is -3.40. The molecule has 0 N–H and O–H groups in total. The Labute approximate surface area is 132 Å². The van der Waals surface area contributed by atoms with Gasteiger partial charge in [-0.05, 0) is 0 Å². The summed E-state index contributed by atoms with van der Waals surface area (Å²) in [6.45, 7) is 3.96. The van der Waals surface area contributed by atoms with E-state index in [1.807, 2.05) is 38.1 Å². The second kappa shape index (κ2) is 5.72. The third kappa shape index (κ3) is 2.11. The van der Waals surface area contributed by atoms with Gasteiger partial charge in [-0.2, -0.15) is 0 Å². The van der Waals surface area contributed by atoms with Crippen LogP contribution in [0.15, 0.2) is 48.5 Å². The molecule has 0 unspecified atom stereocenters. The minimum atomic E-state index is -3.40. The van der Waals surface area contributed by atoms with Gasteiger partial charge in [0.05, 0.1) is 0 Å². The molecule has 0 saturated carbocycles. The molecule has 1 aliphatic rings. The summed E-state index contributed by atoms with van der Waals surface area (Å²) in [4.78, 5) is 26.4. The summed E-state index contributed by atoms with van der Waals surface area (Å²) in [5, 5.41) is 1.33. The molecule has 112 valence electrons. The number of hydrogen-bond acceptors (Lipinski definition) is 3. The van der Waals surface area contributed by atoms with Crippen LogP contribution in [0, 0.1) is 0 Å². The Morgan fingerprint density at radius 1 is 0.773 bits per heavy atom. The van der Waals surface area contributed by atoms with Crippen molar-refractivity contribution < 1.29 is 14.3 Å². The van der Waals surface area contributed by atoms with Crippen molar-refractivity contribution in [2.45, 2.75) is 24.4 Å². The number of carbonyl (C=O) groups excluding carboxylic acids is 2. The van der Waals surface area contributed by atoms with E-state index in [0.29, 0.717) is 33.1 Å². The Hall–Kier alpha value is -1.88. The molecular formula is C18H18GeO3. The van der Waals surface area contributed by atoms with Crippen molar-refractivity contribution in [3.05, 3.63) is 59.7 Å². The summed E-state index contributed by atoms with van der Waals surface area (Å²) in [7, 11) is 0. The van der Waals surface area contributed by atoms with E-state index < -0.39 is 13.3 Å². The second-order valence-corrected chi connectivity index (χ2v) is 15.0. The van der Waals surface area contributed by atoms with Crippen LogP contribution in [0.1, 0.15) is 34.6 Å². The van der Waals surface area contributed by atoms with E-state index in [4.69, 9.17) is 4.74 Å². The molecule has 22 heavy (non-hydrogen) atoms. The van der Waals surface area contributed by atoms with Crippen molar-refractivity contribution in [2.75, 3.05) is 0 Å². The minimum absolute atomic E-state index is 0.0418. The topological polar surface area (TPSA) is 43.4 Å². The maximum atomic E-state index is 13.2. The third-order valence-corrected chi connectivity index (χ3v) is 14.4. The molecule has 0 radical (unpaired) electrons. The van der Waals surface area contributed by atoms with Crippen LogP contribution in [0.4, 0.5) is 0 Å². The number of hydrogen-bond donors (Lipinski definition) is 0. The molecule has 0 amide bonds. The summed E-state index contributed by atoms with van der Waals surface area (Å²) in [5.41, 5.74) is 1.13. The molecule has 0 saturated heterocycles. The van der Waals surface area contributed by atoms with Crippen LogP contribution < -0.4 is 4.74 Å². The molecule has 0 aliphatic carbocycles. The molecule has 1 heterocycles. The molecule has 2 aromatic rings. The number of ether oxygens (including phenoxy) is 1.